The van der Waals surface area contributed by atoms with E-state index >= 15 is 0 Å². The second-order valence-electron chi connectivity index (χ2n) is 4.63. The van der Waals surface area contributed by atoms with E-state index in [0.717, 1.165) is 25.7 Å². The fourth-order valence-electron chi connectivity index (χ4n) is 2.81. The fourth-order valence-corrected chi connectivity index (χ4v) is 3.14. The van der Waals surface area contributed by atoms with Crippen LogP contribution in [0.4, 0.5) is 4.39 Å². The molecule has 0 aliphatic heterocycles. The van der Waals surface area contributed by atoms with E-state index in [1.807, 2.05) is 0 Å². The van der Waals surface area contributed by atoms with Crippen LogP contribution in [0.2, 0.25) is 0 Å². The minimum atomic E-state index is -0.251. The molecular formula is C13H17BrFNO. The van der Waals surface area contributed by atoms with Gasteiger partial charge in [-0.15, -0.1) is 0 Å². The van der Waals surface area contributed by atoms with Crippen LogP contribution in [0.15, 0.2) is 16.6 Å². The average molecular weight is 302 g/mol. The lowest BCUT2D eigenvalue weighted by Gasteiger charge is -2.30. The summed E-state index contributed by atoms with van der Waals surface area (Å²) in [5, 5.41) is 0. The Balaban J connectivity index is 2.59. The van der Waals surface area contributed by atoms with Gasteiger partial charge in [-0.2, -0.15) is 0 Å². The SMILES string of the molecule is COc1ccc(Br)c(F)c1C1(CN)CCCC1. The van der Waals surface area contributed by atoms with Crippen molar-refractivity contribution in [3.63, 3.8) is 0 Å². The first-order valence-corrected chi connectivity index (χ1v) is 6.66. The quantitative estimate of drug-likeness (QED) is 0.929. The zero-order valence-electron chi connectivity index (χ0n) is 9.93. The molecule has 2 nitrogen and oxygen atoms in total. The molecule has 17 heavy (non-hydrogen) atoms. The number of ether oxygens (including phenoxy) is 1. The summed E-state index contributed by atoms with van der Waals surface area (Å²) in [6.07, 6.45) is 4.08. The summed E-state index contributed by atoms with van der Waals surface area (Å²) in [5.74, 6) is 0.384. The Labute approximate surface area is 109 Å². The number of halogens is 2. The smallest absolute Gasteiger partial charge is 0.144 e. The monoisotopic (exact) mass is 301 g/mol. The molecule has 0 bridgehead atoms. The Hall–Kier alpha value is -0.610. The maximum Gasteiger partial charge on any atom is 0.144 e. The van der Waals surface area contributed by atoms with Crippen molar-refractivity contribution >= 4 is 15.9 Å². The third-order valence-electron chi connectivity index (χ3n) is 3.76. The molecule has 94 valence electrons. The molecule has 0 aromatic heterocycles. The number of rotatable bonds is 3. The van der Waals surface area contributed by atoms with Gasteiger partial charge in [-0.05, 0) is 40.9 Å². The second kappa shape index (κ2) is 4.94. The van der Waals surface area contributed by atoms with Crippen LogP contribution in [0, 0.1) is 5.82 Å². The van der Waals surface area contributed by atoms with E-state index < -0.39 is 0 Å². The molecule has 1 fully saturated rings. The van der Waals surface area contributed by atoms with E-state index in [0.29, 0.717) is 22.3 Å². The van der Waals surface area contributed by atoms with E-state index in [1.54, 1.807) is 19.2 Å². The van der Waals surface area contributed by atoms with E-state index in [9.17, 15) is 4.39 Å². The number of nitrogens with two attached hydrogens (primary N) is 1. The molecule has 0 amide bonds. The summed E-state index contributed by atoms with van der Waals surface area (Å²) in [7, 11) is 1.57. The number of hydrogen-bond donors (Lipinski definition) is 1. The molecule has 2 N–H and O–H groups in total. The molecule has 0 radical (unpaired) electrons. The minimum absolute atomic E-state index is 0.225. The first-order valence-electron chi connectivity index (χ1n) is 5.87. The van der Waals surface area contributed by atoms with Gasteiger partial charge < -0.3 is 10.5 Å². The van der Waals surface area contributed by atoms with Gasteiger partial charge in [0, 0.05) is 17.5 Å². The van der Waals surface area contributed by atoms with Crippen LogP contribution < -0.4 is 10.5 Å². The standard InChI is InChI=1S/C13H17BrFNO/c1-17-10-5-4-9(14)12(15)11(10)13(8-16)6-2-3-7-13/h4-5H,2-3,6-8,16H2,1H3. The topological polar surface area (TPSA) is 35.2 Å². The van der Waals surface area contributed by atoms with Gasteiger partial charge in [0.1, 0.15) is 11.6 Å². The van der Waals surface area contributed by atoms with Crippen molar-refractivity contribution < 1.29 is 9.13 Å². The molecule has 1 aromatic rings. The van der Waals surface area contributed by atoms with Crippen LogP contribution in [0.5, 0.6) is 5.75 Å². The van der Waals surface area contributed by atoms with Crippen molar-refractivity contribution in [3.8, 4) is 5.75 Å². The predicted octanol–water partition coefficient (Wildman–Crippen LogP) is 3.37. The van der Waals surface area contributed by atoms with Crippen LogP contribution >= 0.6 is 15.9 Å². The van der Waals surface area contributed by atoms with Crippen LogP contribution in [0.3, 0.4) is 0 Å². The van der Waals surface area contributed by atoms with Crippen molar-refractivity contribution in [2.24, 2.45) is 5.73 Å². The molecule has 1 saturated carbocycles. The summed E-state index contributed by atoms with van der Waals surface area (Å²) >= 11 is 3.24. The van der Waals surface area contributed by atoms with Gasteiger partial charge in [0.25, 0.3) is 0 Å². The normalized spacial score (nSPS) is 18.4. The molecule has 0 saturated heterocycles. The molecule has 0 atom stereocenters. The van der Waals surface area contributed by atoms with Gasteiger partial charge in [0.15, 0.2) is 0 Å². The first-order chi connectivity index (χ1) is 8.14. The largest absolute Gasteiger partial charge is 0.496 e. The molecule has 1 aromatic carbocycles. The van der Waals surface area contributed by atoms with Crippen molar-refractivity contribution in [2.75, 3.05) is 13.7 Å². The average Bonchev–Trinajstić information content (AvgIpc) is 2.82. The van der Waals surface area contributed by atoms with Crippen LogP contribution in [-0.4, -0.2) is 13.7 Å². The van der Waals surface area contributed by atoms with E-state index in [4.69, 9.17) is 10.5 Å². The van der Waals surface area contributed by atoms with Gasteiger partial charge in [-0.25, -0.2) is 4.39 Å². The van der Waals surface area contributed by atoms with Crippen LogP contribution in [-0.2, 0) is 5.41 Å². The molecule has 2 rings (SSSR count). The highest BCUT2D eigenvalue weighted by Gasteiger charge is 2.39. The summed E-state index contributed by atoms with van der Waals surface area (Å²) in [5.41, 5.74) is 6.30. The van der Waals surface area contributed by atoms with Crippen LogP contribution in [0.1, 0.15) is 31.2 Å². The summed E-state index contributed by atoms with van der Waals surface area (Å²) in [6, 6.07) is 3.48. The highest BCUT2D eigenvalue weighted by Crippen LogP contribution is 2.46. The highest BCUT2D eigenvalue weighted by atomic mass is 79.9. The van der Waals surface area contributed by atoms with E-state index in [-0.39, 0.29) is 11.2 Å². The summed E-state index contributed by atoms with van der Waals surface area (Å²) in [6.45, 7) is 0.469. The maximum absolute atomic E-state index is 14.4. The molecule has 0 spiro atoms. The minimum Gasteiger partial charge on any atom is -0.496 e. The Morgan fingerprint density at radius 2 is 2.06 bits per heavy atom. The van der Waals surface area contributed by atoms with Crippen molar-refractivity contribution in [1.82, 2.24) is 0 Å². The molecule has 1 aliphatic rings. The van der Waals surface area contributed by atoms with Crippen molar-refractivity contribution in [1.29, 1.82) is 0 Å². The third kappa shape index (κ3) is 2.08. The second-order valence-corrected chi connectivity index (χ2v) is 5.48. The lowest BCUT2D eigenvalue weighted by Crippen LogP contribution is -2.33. The Bertz CT molecular complexity index is 416. The molecule has 0 unspecified atom stereocenters. The molecule has 0 heterocycles. The summed E-state index contributed by atoms with van der Waals surface area (Å²) < 4.78 is 20.1. The molecule has 1 aliphatic carbocycles. The molecular weight excluding hydrogens is 285 g/mol. The van der Waals surface area contributed by atoms with E-state index in [2.05, 4.69) is 15.9 Å². The Kier molecular flexibility index (Phi) is 3.73. The number of methoxy groups -OCH3 is 1. The van der Waals surface area contributed by atoms with Gasteiger partial charge in [-0.1, -0.05) is 12.8 Å². The number of benzene rings is 1. The van der Waals surface area contributed by atoms with Gasteiger partial charge >= 0.3 is 0 Å². The van der Waals surface area contributed by atoms with Crippen LogP contribution in [0.25, 0.3) is 0 Å². The number of hydrogen-bond acceptors (Lipinski definition) is 2. The van der Waals surface area contributed by atoms with Gasteiger partial charge in [0.2, 0.25) is 0 Å². The first kappa shape index (κ1) is 12.8. The summed E-state index contributed by atoms with van der Waals surface area (Å²) in [4.78, 5) is 0. The molecule has 4 heteroatoms. The van der Waals surface area contributed by atoms with Crippen molar-refractivity contribution in [2.45, 2.75) is 31.1 Å². The fraction of sp³-hybridized carbons (Fsp3) is 0.538. The van der Waals surface area contributed by atoms with Gasteiger partial charge in [-0.3, -0.25) is 0 Å². The zero-order valence-corrected chi connectivity index (χ0v) is 11.5. The van der Waals surface area contributed by atoms with Crippen molar-refractivity contribution in [3.05, 3.63) is 28.0 Å². The predicted molar refractivity (Wildman–Crippen MR) is 69.9 cm³/mol. The lowest BCUT2D eigenvalue weighted by atomic mass is 9.78. The third-order valence-corrected chi connectivity index (χ3v) is 4.37. The van der Waals surface area contributed by atoms with E-state index in [1.165, 1.54) is 0 Å². The Morgan fingerprint density at radius 1 is 1.41 bits per heavy atom. The maximum atomic E-state index is 14.4. The zero-order chi connectivity index (χ0) is 12.5. The Morgan fingerprint density at radius 3 is 2.59 bits per heavy atom. The lowest BCUT2D eigenvalue weighted by molar-refractivity contribution is 0.363. The van der Waals surface area contributed by atoms with Gasteiger partial charge in [0.05, 0.1) is 11.6 Å². The highest BCUT2D eigenvalue weighted by molar-refractivity contribution is 9.10.